The van der Waals surface area contributed by atoms with E-state index in [9.17, 15) is 4.79 Å². The lowest BCUT2D eigenvalue weighted by atomic mass is 10.2. The topological polar surface area (TPSA) is 38.3 Å². The van der Waals surface area contributed by atoms with Crippen molar-refractivity contribution in [1.29, 1.82) is 0 Å². The van der Waals surface area contributed by atoms with Crippen LogP contribution in [0.2, 0.25) is 5.02 Å². The molecule has 0 atom stereocenters. The van der Waals surface area contributed by atoms with Crippen LogP contribution in [0.15, 0.2) is 54.6 Å². The van der Waals surface area contributed by atoms with E-state index >= 15 is 0 Å². The highest BCUT2D eigenvalue weighted by Gasteiger charge is 2.04. The Kier molecular flexibility index (Phi) is 7.13. The van der Waals surface area contributed by atoms with E-state index in [1.165, 1.54) is 5.56 Å². The molecular formula is C17H18ClNO2S. The zero-order valence-electron chi connectivity index (χ0n) is 12.1. The molecule has 22 heavy (non-hydrogen) atoms. The summed E-state index contributed by atoms with van der Waals surface area (Å²) in [7, 11) is 0. The number of thioether (sulfide) groups is 1. The maximum Gasteiger partial charge on any atom is 0.257 e. The van der Waals surface area contributed by atoms with E-state index in [0.717, 1.165) is 11.5 Å². The zero-order valence-corrected chi connectivity index (χ0v) is 13.7. The molecule has 0 spiro atoms. The van der Waals surface area contributed by atoms with Gasteiger partial charge < -0.3 is 10.1 Å². The Morgan fingerprint density at radius 3 is 2.59 bits per heavy atom. The summed E-state index contributed by atoms with van der Waals surface area (Å²) in [6.45, 7) is 0.606. The molecule has 0 heterocycles. The number of amides is 1. The van der Waals surface area contributed by atoms with E-state index in [4.69, 9.17) is 16.3 Å². The van der Waals surface area contributed by atoms with Crippen molar-refractivity contribution in [1.82, 2.24) is 5.32 Å². The predicted molar refractivity (Wildman–Crippen MR) is 92.6 cm³/mol. The molecule has 0 unspecified atom stereocenters. The summed E-state index contributed by atoms with van der Waals surface area (Å²) in [6.07, 6.45) is 0. The molecule has 2 rings (SSSR count). The molecule has 0 aliphatic heterocycles. The molecule has 0 bridgehead atoms. The van der Waals surface area contributed by atoms with E-state index in [1.807, 2.05) is 30.3 Å². The summed E-state index contributed by atoms with van der Waals surface area (Å²) in [5.74, 6) is 2.21. The van der Waals surface area contributed by atoms with Gasteiger partial charge in [0.25, 0.3) is 5.91 Å². The summed E-state index contributed by atoms with van der Waals surface area (Å²) in [5, 5.41) is 3.34. The van der Waals surface area contributed by atoms with Gasteiger partial charge in [0.1, 0.15) is 5.75 Å². The standard InChI is InChI=1S/C17H18ClNO2S/c18-15-8-4-5-9-16(15)21-12-17(20)19-10-11-22-13-14-6-2-1-3-7-14/h1-9H,10-13H2,(H,19,20). The maximum atomic E-state index is 11.7. The van der Waals surface area contributed by atoms with Gasteiger partial charge in [0.05, 0.1) is 5.02 Å². The van der Waals surface area contributed by atoms with E-state index in [0.29, 0.717) is 17.3 Å². The van der Waals surface area contributed by atoms with E-state index < -0.39 is 0 Å². The normalized spacial score (nSPS) is 10.2. The third-order valence-electron chi connectivity index (χ3n) is 2.88. The van der Waals surface area contributed by atoms with Crippen LogP contribution in [-0.4, -0.2) is 24.8 Å². The van der Waals surface area contributed by atoms with E-state index in [1.54, 1.807) is 23.9 Å². The number of hydrogen-bond donors (Lipinski definition) is 1. The highest BCUT2D eigenvalue weighted by atomic mass is 35.5. The van der Waals surface area contributed by atoms with Crippen LogP contribution in [0.1, 0.15) is 5.56 Å². The number of nitrogens with one attached hydrogen (secondary N) is 1. The highest BCUT2D eigenvalue weighted by molar-refractivity contribution is 7.98. The molecule has 5 heteroatoms. The lowest BCUT2D eigenvalue weighted by molar-refractivity contribution is -0.122. The quantitative estimate of drug-likeness (QED) is 0.746. The highest BCUT2D eigenvalue weighted by Crippen LogP contribution is 2.22. The fourth-order valence-corrected chi connectivity index (χ4v) is 2.79. The average Bonchev–Trinajstić information content (AvgIpc) is 2.55. The molecule has 1 N–H and O–H groups in total. The van der Waals surface area contributed by atoms with Gasteiger partial charge in [-0.2, -0.15) is 11.8 Å². The number of hydrogen-bond acceptors (Lipinski definition) is 3. The lowest BCUT2D eigenvalue weighted by Gasteiger charge is -2.08. The molecule has 116 valence electrons. The van der Waals surface area contributed by atoms with Gasteiger partial charge >= 0.3 is 0 Å². The number of halogens is 1. The van der Waals surface area contributed by atoms with Crippen LogP contribution in [0, 0.1) is 0 Å². The number of ether oxygens (including phenoxy) is 1. The van der Waals surface area contributed by atoms with E-state index in [2.05, 4.69) is 17.4 Å². The SMILES string of the molecule is O=C(COc1ccccc1Cl)NCCSCc1ccccc1. The number of benzene rings is 2. The van der Waals surface area contributed by atoms with Crippen molar-refractivity contribution in [2.45, 2.75) is 5.75 Å². The summed E-state index contributed by atoms with van der Waals surface area (Å²) >= 11 is 7.74. The predicted octanol–water partition coefficient (Wildman–Crippen LogP) is 3.77. The summed E-state index contributed by atoms with van der Waals surface area (Å²) < 4.78 is 5.37. The molecule has 0 aliphatic rings. The lowest BCUT2D eigenvalue weighted by Crippen LogP contribution is -2.30. The Bertz CT molecular complexity index is 592. The van der Waals surface area contributed by atoms with Crippen molar-refractivity contribution in [3.8, 4) is 5.75 Å². The van der Waals surface area contributed by atoms with Crippen molar-refractivity contribution in [3.05, 3.63) is 65.2 Å². The van der Waals surface area contributed by atoms with Crippen LogP contribution in [0.4, 0.5) is 0 Å². The number of carbonyl (C=O) groups is 1. The zero-order chi connectivity index (χ0) is 15.6. The molecule has 2 aromatic carbocycles. The van der Waals surface area contributed by atoms with Crippen molar-refractivity contribution < 1.29 is 9.53 Å². The summed E-state index contributed by atoms with van der Waals surface area (Å²) in [5.41, 5.74) is 1.29. The fourth-order valence-electron chi connectivity index (χ4n) is 1.78. The first kappa shape index (κ1) is 16.7. The Hall–Kier alpha value is -1.65. The molecule has 0 saturated carbocycles. The van der Waals surface area contributed by atoms with Crippen LogP contribution in [0.3, 0.4) is 0 Å². The number of para-hydroxylation sites is 1. The molecule has 0 saturated heterocycles. The van der Waals surface area contributed by atoms with Crippen LogP contribution < -0.4 is 10.1 Å². The molecule has 2 aromatic rings. The van der Waals surface area contributed by atoms with Gasteiger partial charge in [0.15, 0.2) is 6.61 Å². The van der Waals surface area contributed by atoms with Gasteiger partial charge in [-0.1, -0.05) is 54.1 Å². The smallest absolute Gasteiger partial charge is 0.257 e. The first-order valence-electron chi connectivity index (χ1n) is 7.01. The Morgan fingerprint density at radius 1 is 1.09 bits per heavy atom. The Balaban J connectivity index is 1.57. The van der Waals surface area contributed by atoms with Crippen LogP contribution in [0.25, 0.3) is 0 Å². The van der Waals surface area contributed by atoms with Gasteiger partial charge in [0.2, 0.25) is 0 Å². The number of rotatable bonds is 8. The minimum Gasteiger partial charge on any atom is -0.482 e. The van der Waals surface area contributed by atoms with Crippen LogP contribution >= 0.6 is 23.4 Å². The van der Waals surface area contributed by atoms with Gasteiger partial charge in [-0.25, -0.2) is 0 Å². The van der Waals surface area contributed by atoms with Crippen LogP contribution in [-0.2, 0) is 10.5 Å². The first-order valence-corrected chi connectivity index (χ1v) is 8.54. The summed E-state index contributed by atoms with van der Waals surface area (Å²) in [6, 6.07) is 17.4. The van der Waals surface area contributed by atoms with Crippen molar-refractivity contribution >= 4 is 29.3 Å². The Morgan fingerprint density at radius 2 is 1.82 bits per heavy atom. The number of carbonyl (C=O) groups excluding carboxylic acids is 1. The third kappa shape index (κ3) is 6.00. The second-order valence-corrected chi connectivity index (χ2v) is 6.12. The monoisotopic (exact) mass is 335 g/mol. The molecule has 1 amide bonds. The van der Waals surface area contributed by atoms with Gasteiger partial charge in [-0.3, -0.25) is 4.79 Å². The van der Waals surface area contributed by atoms with Crippen molar-refractivity contribution in [2.24, 2.45) is 0 Å². The van der Waals surface area contributed by atoms with Gasteiger partial charge in [0, 0.05) is 18.1 Å². The molecule has 0 aliphatic carbocycles. The molecule has 0 aromatic heterocycles. The average molecular weight is 336 g/mol. The molecule has 0 fully saturated rings. The van der Waals surface area contributed by atoms with Crippen molar-refractivity contribution in [2.75, 3.05) is 18.9 Å². The van der Waals surface area contributed by atoms with Gasteiger partial charge in [-0.15, -0.1) is 0 Å². The fraction of sp³-hybridized carbons (Fsp3) is 0.235. The molecule has 0 radical (unpaired) electrons. The van der Waals surface area contributed by atoms with Crippen LogP contribution in [0.5, 0.6) is 5.75 Å². The molecule has 3 nitrogen and oxygen atoms in total. The second-order valence-electron chi connectivity index (χ2n) is 4.61. The minimum atomic E-state index is -0.139. The largest absolute Gasteiger partial charge is 0.482 e. The molecular weight excluding hydrogens is 318 g/mol. The minimum absolute atomic E-state index is 0.0207. The third-order valence-corrected chi connectivity index (χ3v) is 4.22. The summed E-state index contributed by atoms with van der Waals surface area (Å²) in [4.78, 5) is 11.7. The van der Waals surface area contributed by atoms with Gasteiger partial charge in [-0.05, 0) is 17.7 Å². The second kappa shape index (κ2) is 9.38. The van der Waals surface area contributed by atoms with Crippen molar-refractivity contribution in [3.63, 3.8) is 0 Å². The van der Waals surface area contributed by atoms with E-state index in [-0.39, 0.29) is 12.5 Å². The Labute approximate surface area is 140 Å². The maximum absolute atomic E-state index is 11.7. The first-order chi connectivity index (χ1) is 10.8.